The summed E-state index contributed by atoms with van der Waals surface area (Å²) in [4.78, 5) is 12.1. The number of benzene rings is 1. The van der Waals surface area contributed by atoms with Crippen molar-refractivity contribution in [3.8, 4) is 5.88 Å². The molecule has 0 bridgehead atoms. The Balaban J connectivity index is 1.39. The zero-order valence-corrected chi connectivity index (χ0v) is 18.1. The van der Waals surface area contributed by atoms with Gasteiger partial charge in [0.2, 0.25) is 15.9 Å². The summed E-state index contributed by atoms with van der Waals surface area (Å²) in [6.45, 7) is 3.66. The predicted octanol–water partition coefficient (Wildman–Crippen LogP) is 2.51. The van der Waals surface area contributed by atoms with Crippen molar-refractivity contribution in [1.29, 1.82) is 0 Å². The standard InChI is InChI=1S/C20H24N4O4S2/c21-30(25,26)15-5-6-17-16(11-15)18-19(22-12-23-20(18)29-17)28-14-3-1-13(2-4-14)24-7-9-27-10-8-24/h5-6,11-14H,1-4,7-10H2,(H2,21,25,26). The molecule has 2 fully saturated rings. The number of fused-ring (bicyclic) bond motifs is 3. The van der Waals surface area contributed by atoms with Crippen molar-refractivity contribution in [3.05, 3.63) is 24.5 Å². The second kappa shape index (κ2) is 8.01. The van der Waals surface area contributed by atoms with Crippen LogP contribution in [-0.2, 0) is 14.8 Å². The number of nitrogens with zero attached hydrogens (tertiary/aromatic N) is 3. The third-order valence-corrected chi connectivity index (χ3v) is 8.01. The Morgan fingerprint density at radius 1 is 1.13 bits per heavy atom. The number of aromatic nitrogens is 2. The lowest BCUT2D eigenvalue weighted by Gasteiger charge is -2.38. The van der Waals surface area contributed by atoms with Crippen molar-refractivity contribution in [2.45, 2.75) is 42.7 Å². The van der Waals surface area contributed by atoms with Gasteiger partial charge in [0, 0.05) is 29.2 Å². The van der Waals surface area contributed by atoms with Gasteiger partial charge in [-0.15, -0.1) is 11.3 Å². The van der Waals surface area contributed by atoms with Crippen molar-refractivity contribution in [2.24, 2.45) is 5.14 Å². The number of primary sulfonamides is 1. The average molecular weight is 449 g/mol. The molecule has 0 atom stereocenters. The molecule has 1 saturated carbocycles. The van der Waals surface area contributed by atoms with Gasteiger partial charge < -0.3 is 9.47 Å². The highest BCUT2D eigenvalue weighted by Crippen LogP contribution is 2.39. The third kappa shape index (κ3) is 3.90. The van der Waals surface area contributed by atoms with E-state index in [-0.39, 0.29) is 11.0 Å². The maximum Gasteiger partial charge on any atom is 0.238 e. The van der Waals surface area contributed by atoms with E-state index in [4.69, 9.17) is 14.6 Å². The number of rotatable bonds is 4. The van der Waals surface area contributed by atoms with Crippen LogP contribution in [0.4, 0.5) is 0 Å². The highest BCUT2D eigenvalue weighted by Gasteiger charge is 2.28. The first-order valence-electron chi connectivity index (χ1n) is 10.2. The molecule has 3 aromatic rings. The molecule has 0 radical (unpaired) electrons. The zero-order chi connectivity index (χ0) is 20.7. The van der Waals surface area contributed by atoms with Gasteiger partial charge in [-0.2, -0.15) is 0 Å². The van der Waals surface area contributed by atoms with Crippen LogP contribution in [0, 0.1) is 0 Å². The number of hydrogen-bond acceptors (Lipinski definition) is 8. The van der Waals surface area contributed by atoms with E-state index in [9.17, 15) is 8.42 Å². The lowest BCUT2D eigenvalue weighted by molar-refractivity contribution is -0.00125. The molecule has 1 aliphatic heterocycles. The van der Waals surface area contributed by atoms with Crippen molar-refractivity contribution in [3.63, 3.8) is 0 Å². The molecular weight excluding hydrogens is 424 g/mol. The Labute approximate surface area is 179 Å². The number of morpholine rings is 1. The summed E-state index contributed by atoms with van der Waals surface area (Å²) < 4.78 is 36.3. The van der Waals surface area contributed by atoms with E-state index in [1.54, 1.807) is 12.1 Å². The maximum atomic E-state index is 11.8. The van der Waals surface area contributed by atoms with Crippen LogP contribution in [0.2, 0.25) is 0 Å². The van der Waals surface area contributed by atoms with E-state index in [1.807, 2.05) is 0 Å². The molecule has 5 rings (SSSR count). The van der Waals surface area contributed by atoms with Crippen LogP contribution in [0.1, 0.15) is 25.7 Å². The molecule has 3 heterocycles. The number of ether oxygens (including phenoxy) is 2. The average Bonchev–Trinajstić information content (AvgIpc) is 3.13. The van der Waals surface area contributed by atoms with E-state index >= 15 is 0 Å². The molecule has 10 heteroatoms. The molecule has 30 heavy (non-hydrogen) atoms. The van der Waals surface area contributed by atoms with E-state index in [0.29, 0.717) is 11.9 Å². The van der Waals surface area contributed by atoms with Crippen molar-refractivity contribution < 1.29 is 17.9 Å². The summed E-state index contributed by atoms with van der Waals surface area (Å²) >= 11 is 1.49. The van der Waals surface area contributed by atoms with Crippen LogP contribution in [0.15, 0.2) is 29.4 Å². The minimum Gasteiger partial charge on any atom is -0.474 e. The first-order chi connectivity index (χ1) is 14.5. The number of nitrogens with two attached hydrogens (primary N) is 1. The van der Waals surface area contributed by atoms with E-state index in [1.165, 1.54) is 23.7 Å². The Morgan fingerprint density at radius 3 is 2.63 bits per heavy atom. The smallest absolute Gasteiger partial charge is 0.238 e. The van der Waals surface area contributed by atoms with Crippen molar-refractivity contribution in [1.82, 2.24) is 14.9 Å². The minimum absolute atomic E-state index is 0.0792. The normalized spacial score (nSPS) is 23.8. The Hall–Kier alpha value is -1.85. The molecule has 1 saturated heterocycles. The lowest BCUT2D eigenvalue weighted by atomic mass is 9.91. The summed E-state index contributed by atoms with van der Waals surface area (Å²) in [5.74, 6) is 0.521. The fourth-order valence-electron chi connectivity index (χ4n) is 4.45. The van der Waals surface area contributed by atoms with Crippen LogP contribution in [0.3, 0.4) is 0 Å². The molecule has 1 aromatic carbocycles. The quantitative estimate of drug-likeness (QED) is 0.653. The van der Waals surface area contributed by atoms with Gasteiger partial charge in [-0.1, -0.05) is 0 Å². The fourth-order valence-corrected chi connectivity index (χ4v) is 6.01. The monoisotopic (exact) mass is 448 g/mol. The Bertz CT molecular complexity index is 1170. The summed E-state index contributed by atoms with van der Waals surface area (Å²) in [6, 6.07) is 5.47. The van der Waals surface area contributed by atoms with Crippen LogP contribution < -0.4 is 9.88 Å². The molecule has 0 unspecified atom stereocenters. The molecule has 2 N–H and O–H groups in total. The van der Waals surface area contributed by atoms with Gasteiger partial charge in [0.15, 0.2) is 0 Å². The topological polar surface area (TPSA) is 108 Å². The third-order valence-electron chi connectivity index (χ3n) is 6.02. The molecule has 8 nitrogen and oxygen atoms in total. The van der Waals surface area contributed by atoms with Gasteiger partial charge in [0.1, 0.15) is 17.3 Å². The molecule has 160 valence electrons. The first-order valence-corrected chi connectivity index (χ1v) is 12.5. The number of hydrogen-bond donors (Lipinski definition) is 1. The Morgan fingerprint density at radius 2 is 1.90 bits per heavy atom. The molecule has 2 aromatic heterocycles. The van der Waals surface area contributed by atoms with Crippen LogP contribution in [0.5, 0.6) is 5.88 Å². The van der Waals surface area contributed by atoms with E-state index in [0.717, 1.165) is 72.3 Å². The van der Waals surface area contributed by atoms with Gasteiger partial charge in [-0.25, -0.2) is 23.5 Å². The number of sulfonamides is 1. The molecular formula is C20H24N4O4S2. The van der Waals surface area contributed by atoms with Gasteiger partial charge in [0.25, 0.3) is 0 Å². The van der Waals surface area contributed by atoms with E-state index < -0.39 is 10.0 Å². The molecule has 2 aliphatic rings. The molecule has 1 aliphatic carbocycles. The maximum absolute atomic E-state index is 11.8. The summed E-state index contributed by atoms with van der Waals surface area (Å²) in [7, 11) is -3.79. The highest BCUT2D eigenvalue weighted by atomic mass is 32.2. The second-order valence-corrected chi connectivity index (χ2v) is 10.5. The molecule has 0 amide bonds. The highest BCUT2D eigenvalue weighted by molar-refractivity contribution is 7.89. The van der Waals surface area contributed by atoms with Gasteiger partial charge in [-0.05, 0) is 43.9 Å². The van der Waals surface area contributed by atoms with Crippen LogP contribution in [-0.4, -0.2) is 61.7 Å². The van der Waals surface area contributed by atoms with Crippen LogP contribution >= 0.6 is 11.3 Å². The number of thiophene rings is 1. The largest absolute Gasteiger partial charge is 0.474 e. The van der Waals surface area contributed by atoms with Crippen molar-refractivity contribution in [2.75, 3.05) is 26.3 Å². The van der Waals surface area contributed by atoms with Gasteiger partial charge in [0.05, 0.1) is 23.5 Å². The predicted molar refractivity (Wildman–Crippen MR) is 115 cm³/mol. The lowest BCUT2D eigenvalue weighted by Crippen LogP contribution is -2.46. The minimum atomic E-state index is -3.79. The molecule has 0 spiro atoms. The summed E-state index contributed by atoms with van der Waals surface area (Å²) in [6.07, 6.45) is 5.73. The van der Waals surface area contributed by atoms with Gasteiger partial charge in [-0.3, -0.25) is 4.90 Å². The van der Waals surface area contributed by atoms with Gasteiger partial charge >= 0.3 is 0 Å². The summed E-state index contributed by atoms with van der Waals surface area (Å²) in [5, 5.41) is 6.85. The first kappa shape index (κ1) is 20.1. The SMILES string of the molecule is NS(=O)(=O)c1ccc2sc3ncnc(OC4CCC(N5CCOCC5)CC4)c3c2c1. The van der Waals surface area contributed by atoms with Crippen LogP contribution in [0.25, 0.3) is 20.3 Å². The summed E-state index contributed by atoms with van der Waals surface area (Å²) in [5.41, 5.74) is 0. The fraction of sp³-hybridized carbons (Fsp3) is 0.500. The second-order valence-electron chi connectivity index (χ2n) is 7.86. The van der Waals surface area contributed by atoms with E-state index in [2.05, 4.69) is 14.9 Å². The Kier molecular flexibility index (Phi) is 5.36. The zero-order valence-electron chi connectivity index (χ0n) is 16.5. The van der Waals surface area contributed by atoms with Crippen molar-refractivity contribution >= 4 is 41.7 Å².